The average molecular weight is 1020 g/mol. The molecule has 4 saturated heterocycles. The summed E-state index contributed by atoms with van der Waals surface area (Å²) in [5.74, 6) is -3.52. The van der Waals surface area contributed by atoms with Crippen molar-refractivity contribution < 1.29 is 53.4 Å². The van der Waals surface area contributed by atoms with Crippen molar-refractivity contribution in [1.82, 2.24) is 9.80 Å². The number of aliphatic hydroxyl groups is 1. The van der Waals surface area contributed by atoms with Crippen LogP contribution in [0, 0.1) is 69.6 Å². The minimum Gasteiger partial charge on any atom is -0.507 e. The third-order valence-electron chi connectivity index (χ3n) is 17.3. The first-order valence-corrected chi connectivity index (χ1v) is 26.6. The molecule has 4 bridgehead atoms. The van der Waals surface area contributed by atoms with Gasteiger partial charge in [0, 0.05) is 24.4 Å². The van der Waals surface area contributed by atoms with Crippen molar-refractivity contribution in [1.29, 1.82) is 0 Å². The summed E-state index contributed by atoms with van der Waals surface area (Å²) in [6, 6.07) is 24.1. The normalized spacial score (nSPS) is 27.4. The number of hydrogen-bond donors (Lipinski definition) is 3. The standard InChI is InChI=1S/C62H72N2O11/c1-34-11-13-42(14-12-34)60(9,10)43-15-17-45(18-16-43)73-31-44(65)30-72-33-61-22-19-46(74-61)48-51(61)57(70)64(56(48)69)32-59(7,8)29-35(2)21-24-63-55(68)49-47-20-23-62(75-47,52(49)58(63)71)50(40-25-36(3)53(66)37(4)26-40)41-27-38(5)54(67)39(6)28-41/h11-20,22-23,25-28,35,44,46-52,65-67H,21,24,29-33H2,1-10H3. The molecule has 10 rings (SSSR count). The van der Waals surface area contributed by atoms with Gasteiger partial charge in [-0.25, -0.2) is 0 Å². The third kappa shape index (κ3) is 9.00. The predicted molar refractivity (Wildman–Crippen MR) is 282 cm³/mol. The van der Waals surface area contributed by atoms with Gasteiger partial charge in [-0.05, 0) is 115 Å². The summed E-state index contributed by atoms with van der Waals surface area (Å²) in [5.41, 5.74) is 4.91. The Morgan fingerprint density at radius 2 is 1.19 bits per heavy atom. The van der Waals surface area contributed by atoms with E-state index in [1.165, 1.54) is 20.9 Å². The molecule has 10 unspecified atom stereocenters. The van der Waals surface area contributed by atoms with Crippen molar-refractivity contribution >= 4 is 23.6 Å². The van der Waals surface area contributed by atoms with Crippen molar-refractivity contribution in [3.63, 3.8) is 0 Å². The number of likely N-dealkylation sites (tertiary alicyclic amines) is 2. The Morgan fingerprint density at radius 1 is 0.667 bits per heavy atom. The molecule has 6 heterocycles. The highest BCUT2D eigenvalue weighted by Gasteiger charge is 2.70. The highest BCUT2D eigenvalue weighted by molar-refractivity contribution is 6.08. The largest absolute Gasteiger partial charge is 0.507 e. The Labute approximate surface area is 440 Å². The highest BCUT2D eigenvalue weighted by atomic mass is 16.6. The summed E-state index contributed by atoms with van der Waals surface area (Å²) >= 11 is 0. The quantitative estimate of drug-likeness (QED) is 0.0607. The zero-order valence-electron chi connectivity index (χ0n) is 44.9. The molecule has 4 aromatic carbocycles. The van der Waals surface area contributed by atoms with Gasteiger partial charge in [0.1, 0.15) is 41.2 Å². The second-order valence-corrected chi connectivity index (χ2v) is 24.0. The van der Waals surface area contributed by atoms with Gasteiger partial charge < -0.3 is 34.3 Å². The molecule has 6 aliphatic rings. The maximum absolute atomic E-state index is 14.8. The van der Waals surface area contributed by atoms with Crippen LogP contribution >= 0.6 is 0 Å². The number of hydrogen-bond acceptors (Lipinski definition) is 11. The first-order chi connectivity index (χ1) is 35.4. The fourth-order valence-electron chi connectivity index (χ4n) is 13.5. The van der Waals surface area contributed by atoms with Gasteiger partial charge in [0.15, 0.2) is 0 Å². The molecule has 396 valence electrons. The first kappa shape index (κ1) is 52.3. The Bertz CT molecular complexity index is 2890. The lowest BCUT2D eigenvalue weighted by Crippen LogP contribution is -2.46. The van der Waals surface area contributed by atoms with Gasteiger partial charge in [0.25, 0.3) is 0 Å². The minimum atomic E-state index is -1.20. The highest BCUT2D eigenvalue weighted by Crippen LogP contribution is 2.60. The molecular weight excluding hydrogens is 949 g/mol. The van der Waals surface area contributed by atoms with E-state index in [-0.39, 0.29) is 79.4 Å². The Kier molecular flexibility index (Phi) is 13.4. The van der Waals surface area contributed by atoms with E-state index in [1.807, 2.05) is 114 Å². The van der Waals surface area contributed by atoms with Crippen LogP contribution < -0.4 is 4.74 Å². The van der Waals surface area contributed by atoms with Crippen LogP contribution in [0.2, 0.25) is 0 Å². The predicted octanol–water partition coefficient (Wildman–Crippen LogP) is 8.61. The summed E-state index contributed by atoms with van der Waals surface area (Å²) in [5, 5.41) is 32.4. The van der Waals surface area contributed by atoms with E-state index in [1.54, 1.807) is 0 Å². The number of fused-ring (bicyclic) bond motifs is 10. The zero-order chi connectivity index (χ0) is 53.7. The lowest BCUT2D eigenvalue weighted by molar-refractivity contribution is -0.149. The van der Waals surface area contributed by atoms with Gasteiger partial charge in [-0.1, -0.05) is 125 Å². The van der Waals surface area contributed by atoms with Crippen LogP contribution in [0.1, 0.15) is 103 Å². The first-order valence-electron chi connectivity index (χ1n) is 26.6. The Hall–Kier alpha value is -6.12. The summed E-state index contributed by atoms with van der Waals surface area (Å²) < 4.78 is 25.1. The van der Waals surface area contributed by atoms with Crippen molar-refractivity contribution in [3.8, 4) is 17.2 Å². The molecule has 6 aliphatic heterocycles. The van der Waals surface area contributed by atoms with Crippen LogP contribution in [0.15, 0.2) is 97.1 Å². The topological polar surface area (TPSA) is 172 Å². The maximum Gasteiger partial charge on any atom is 0.236 e. The van der Waals surface area contributed by atoms with Gasteiger partial charge in [-0.15, -0.1) is 0 Å². The van der Waals surface area contributed by atoms with E-state index in [9.17, 15) is 34.5 Å². The lowest BCUT2D eigenvalue weighted by Gasteiger charge is -2.38. The van der Waals surface area contributed by atoms with Crippen LogP contribution in [-0.2, 0) is 38.8 Å². The molecular formula is C62H72N2O11. The second kappa shape index (κ2) is 19.2. The van der Waals surface area contributed by atoms with Gasteiger partial charge in [-0.2, -0.15) is 0 Å². The number of imide groups is 2. The number of aromatic hydroxyl groups is 2. The molecule has 0 radical (unpaired) electrons. The van der Waals surface area contributed by atoms with Gasteiger partial charge in [0.05, 0.1) is 49.1 Å². The fraction of sp³-hybridized carbons (Fsp3) is 0.484. The molecule has 13 nitrogen and oxygen atoms in total. The van der Waals surface area contributed by atoms with Crippen LogP contribution in [0.4, 0.5) is 0 Å². The molecule has 0 aromatic heterocycles. The monoisotopic (exact) mass is 1020 g/mol. The Balaban J connectivity index is 0.744. The molecule has 0 saturated carbocycles. The molecule has 3 N–H and O–H groups in total. The van der Waals surface area contributed by atoms with E-state index in [0.29, 0.717) is 40.8 Å². The maximum atomic E-state index is 14.8. The summed E-state index contributed by atoms with van der Waals surface area (Å²) in [7, 11) is 0. The zero-order valence-corrected chi connectivity index (χ0v) is 44.9. The van der Waals surface area contributed by atoms with E-state index in [2.05, 4.69) is 52.0 Å². The number of aliphatic hydroxyl groups excluding tert-OH is 1. The minimum absolute atomic E-state index is 0.000682. The van der Waals surface area contributed by atoms with E-state index in [0.717, 1.165) is 16.7 Å². The summed E-state index contributed by atoms with van der Waals surface area (Å²) in [6.45, 7) is 20.3. The lowest BCUT2D eigenvalue weighted by atomic mass is 9.66. The molecule has 75 heavy (non-hydrogen) atoms. The summed E-state index contributed by atoms with van der Waals surface area (Å²) in [4.78, 5) is 60.3. The average Bonchev–Trinajstić information content (AvgIpc) is 4.33. The molecule has 4 aromatic rings. The van der Waals surface area contributed by atoms with Crippen LogP contribution in [0.25, 0.3) is 0 Å². The smallest absolute Gasteiger partial charge is 0.236 e. The number of nitrogens with zero attached hydrogens (tertiary/aromatic N) is 2. The molecule has 0 aliphatic carbocycles. The number of carbonyl (C=O) groups excluding carboxylic acids is 4. The van der Waals surface area contributed by atoms with Crippen LogP contribution in [0.5, 0.6) is 17.2 Å². The third-order valence-corrected chi connectivity index (χ3v) is 17.3. The molecule has 4 amide bonds. The van der Waals surface area contributed by atoms with E-state index >= 15 is 0 Å². The number of ether oxygens (including phenoxy) is 4. The van der Waals surface area contributed by atoms with Gasteiger partial charge in [0.2, 0.25) is 23.6 Å². The number of carbonyl (C=O) groups is 4. The number of phenols is 2. The molecule has 4 fully saturated rings. The second-order valence-electron chi connectivity index (χ2n) is 24.0. The van der Waals surface area contributed by atoms with Crippen molar-refractivity contribution in [3.05, 3.63) is 147 Å². The number of rotatable bonds is 19. The van der Waals surface area contributed by atoms with E-state index < -0.39 is 64.5 Å². The van der Waals surface area contributed by atoms with Crippen molar-refractivity contribution in [2.24, 2.45) is 35.0 Å². The van der Waals surface area contributed by atoms with Gasteiger partial charge >= 0.3 is 0 Å². The van der Waals surface area contributed by atoms with Crippen LogP contribution in [0.3, 0.4) is 0 Å². The summed E-state index contributed by atoms with van der Waals surface area (Å²) in [6.07, 6.45) is 6.56. The number of benzene rings is 4. The SMILES string of the molecule is Cc1ccc(C(C)(C)c2ccc(OCC(O)COCC34C=CC(O3)C3C(=O)N(CC(C)(C)CC(C)CCN5C(=O)C6C7C=CC(C(c8cc(C)c(O)c(C)c8)c8cc(C)c(O)c(C)c8)(O7)C6C5=O)C(=O)C34)cc2)cc1. The Morgan fingerprint density at radius 3 is 1.79 bits per heavy atom. The number of phenolic OH excluding ortho intramolecular Hbond substituents is 2. The molecule has 10 atom stereocenters. The van der Waals surface area contributed by atoms with Crippen molar-refractivity contribution in [2.75, 3.05) is 32.9 Å². The number of amides is 4. The van der Waals surface area contributed by atoms with Crippen LogP contribution in [-0.4, -0.2) is 111 Å². The van der Waals surface area contributed by atoms with E-state index in [4.69, 9.17) is 18.9 Å². The van der Waals surface area contributed by atoms with Crippen molar-refractivity contribution in [2.45, 2.75) is 123 Å². The fourth-order valence-corrected chi connectivity index (χ4v) is 13.5. The van der Waals surface area contributed by atoms with Gasteiger partial charge in [-0.3, -0.25) is 29.0 Å². The number of aryl methyl sites for hydroxylation is 5. The molecule has 0 spiro atoms. The molecule has 13 heteroatoms.